The first kappa shape index (κ1) is 13.5. The molecule has 1 heterocycles. The zero-order valence-corrected chi connectivity index (χ0v) is 10.8. The molecule has 1 aromatic rings. The third-order valence-corrected chi connectivity index (χ3v) is 2.56. The standard InChI is InChI=1S/C10H15ClN4O2/c1-4-15(5-2)9-7(11)13-6(8(12)14-9)10(16)17-3/h4-5H2,1-3H3,(H2,12,14). The molecule has 0 aromatic carbocycles. The lowest BCUT2D eigenvalue weighted by Crippen LogP contribution is -2.25. The molecule has 1 rings (SSSR count). The molecule has 0 radical (unpaired) electrons. The fourth-order valence-corrected chi connectivity index (χ4v) is 1.64. The predicted octanol–water partition coefficient (Wildman–Crippen LogP) is 1.34. The van der Waals surface area contributed by atoms with Gasteiger partial charge in [-0.05, 0) is 13.8 Å². The number of nitrogens with zero attached hydrogens (tertiary/aromatic N) is 3. The molecule has 0 amide bonds. The highest BCUT2D eigenvalue weighted by molar-refractivity contribution is 6.32. The molecule has 6 nitrogen and oxygen atoms in total. The van der Waals surface area contributed by atoms with Crippen molar-refractivity contribution in [3.05, 3.63) is 10.8 Å². The lowest BCUT2D eigenvalue weighted by atomic mass is 10.4. The quantitative estimate of drug-likeness (QED) is 0.821. The summed E-state index contributed by atoms with van der Waals surface area (Å²) >= 11 is 5.98. The summed E-state index contributed by atoms with van der Waals surface area (Å²) in [5.74, 6) is -0.159. The van der Waals surface area contributed by atoms with E-state index in [0.29, 0.717) is 5.82 Å². The van der Waals surface area contributed by atoms with E-state index >= 15 is 0 Å². The van der Waals surface area contributed by atoms with Crippen molar-refractivity contribution in [3.63, 3.8) is 0 Å². The molecule has 2 N–H and O–H groups in total. The number of esters is 1. The first-order chi connectivity index (χ1) is 8.04. The second kappa shape index (κ2) is 5.67. The van der Waals surface area contributed by atoms with Crippen LogP contribution in [0, 0.1) is 0 Å². The molecule has 0 spiro atoms. The van der Waals surface area contributed by atoms with E-state index in [0.717, 1.165) is 13.1 Å². The summed E-state index contributed by atoms with van der Waals surface area (Å²) in [7, 11) is 1.25. The molecule has 0 unspecified atom stereocenters. The van der Waals surface area contributed by atoms with Crippen molar-refractivity contribution in [2.75, 3.05) is 30.8 Å². The molecule has 7 heteroatoms. The summed E-state index contributed by atoms with van der Waals surface area (Å²) in [5, 5.41) is 0.142. The highest BCUT2D eigenvalue weighted by Gasteiger charge is 2.19. The van der Waals surface area contributed by atoms with Gasteiger partial charge in [0.1, 0.15) is 0 Å². The van der Waals surface area contributed by atoms with Gasteiger partial charge in [0, 0.05) is 13.1 Å². The summed E-state index contributed by atoms with van der Waals surface area (Å²) in [5.41, 5.74) is 5.59. The van der Waals surface area contributed by atoms with E-state index in [1.165, 1.54) is 7.11 Å². The maximum Gasteiger partial charge on any atom is 0.360 e. The van der Waals surface area contributed by atoms with Crippen LogP contribution in [0.25, 0.3) is 0 Å². The Morgan fingerprint density at radius 3 is 2.47 bits per heavy atom. The van der Waals surface area contributed by atoms with Gasteiger partial charge in [-0.3, -0.25) is 0 Å². The van der Waals surface area contributed by atoms with Gasteiger partial charge >= 0.3 is 5.97 Å². The molecule has 0 aliphatic rings. The van der Waals surface area contributed by atoms with Gasteiger partial charge in [0.25, 0.3) is 0 Å². The Hall–Kier alpha value is -1.56. The average Bonchev–Trinajstić information content (AvgIpc) is 2.33. The number of rotatable bonds is 4. The normalized spacial score (nSPS) is 10.1. The second-order valence-electron chi connectivity index (χ2n) is 3.24. The van der Waals surface area contributed by atoms with Crippen molar-refractivity contribution in [1.29, 1.82) is 0 Å². The molecular weight excluding hydrogens is 244 g/mol. The molecule has 1 aromatic heterocycles. The van der Waals surface area contributed by atoms with Crippen LogP contribution in [-0.4, -0.2) is 36.1 Å². The SMILES string of the molecule is CCN(CC)c1nc(N)c(C(=O)OC)nc1Cl. The van der Waals surface area contributed by atoms with Gasteiger partial charge < -0.3 is 15.4 Å². The smallest absolute Gasteiger partial charge is 0.360 e. The molecule has 0 atom stereocenters. The number of aromatic nitrogens is 2. The third kappa shape index (κ3) is 2.76. The van der Waals surface area contributed by atoms with E-state index < -0.39 is 5.97 Å². The Balaban J connectivity index is 3.22. The van der Waals surface area contributed by atoms with Crippen LogP contribution >= 0.6 is 11.6 Å². The maximum atomic E-state index is 11.3. The molecule has 0 bridgehead atoms. The van der Waals surface area contributed by atoms with Gasteiger partial charge in [0.2, 0.25) is 0 Å². The molecule has 0 saturated carbocycles. The molecule has 17 heavy (non-hydrogen) atoms. The van der Waals surface area contributed by atoms with E-state index in [9.17, 15) is 4.79 Å². The fourth-order valence-electron chi connectivity index (χ4n) is 1.39. The number of ether oxygens (including phenoxy) is 1. The van der Waals surface area contributed by atoms with Gasteiger partial charge in [-0.25, -0.2) is 14.8 Å². The fraction of sp³-hybridized carbons (Fsp3) is 0.500. The van der Waals surface area contributed by atoms with Crippen molar-refractivity contribution in [1.82, 2.24) is 9.97 Å². The number of nitrogens with two attached hydrogens (primary N) is 1. The van der Waals surface area contributed by atoms with Gasteiger partial charge in [-0.15, -0.1) is 0 Å². The van der Waals surface area contributed by atoms with Crippen LogP contribution in [-0.2, 0) is 4.74 Å². The Morgan fingerprint density at radius 1 is 1.41 bits per heavy atom. The lowest BCUT2D eigenvalue weighted by Gasteiger charge is -2.20. The third-order valence-electron chi connectivity index (χ3n) is 2.31. The number of nitrogen functional groups attached to an aromatic ring is 1. The topological polar surface area (TPSA) is 81.3 Å². The number of anilines is 2. The van der Waals surface area contributed by atoms with Crippen molar-refractivity contribution >= 4 is 29.2 Å². The van der Waals surface area contributed by atoms with Gasteiger partial charge in [0.05, 0.1) is 7.11 Å². The summed E-state index contributed by atoms with van der Waals surface area (Å²) in [6.45, 7) is 5.38. The summed E-state index contributed by atoms with van der Waals surface area (Å²) < 4.78 is 4.53. The van der Waals surface area contributed by atoms with E-state index in [2.05, 4.69) is 14.7 Å². The summed E-state index contributed by atoms with van der Waals surface area (Å²) in [6, 6.07) is 0. The van der Waals surface area contributed by atoms with Crippen molar-refractivity contribution in [2.45, 2.75) is 13.8 Å². The zero-order chi connectivity index (χ0) is 13.0. The van der Waals surface area contributed by atoms with Crippen LogP contribution in [0.2, 0.25) is 5.15 Å². The Morgan fingerprint density at radius 2 is 2.00 bits per heavy atom. The minimum atomic E-state index is -0.650. The number of carbonyl (C=O) groups is 1. The summed E-state index contributed by atoms with van der Waals surface area (Å²) in [4.78, 5) is 21.2. The Labute approximate surface area is 105 Å². The minimum Gasteiger partial charge on any atom is -0.464 e. The Bertz CT molecular complexity index is 421. The molecular formula is C10H15ClN4O2. The number of methoxy groups -OCH3 is 1. The molecule has 0 fully saturated rings. The largest absolute Gasteiger partial charge is 0.464 e. The number of hydrogen-bond acceptors (Lipinski definition) is 6. The minimum absolute atomic E-state index is 0.0168. The predicted molar refractivity (Wildman–Crippen MR) is 66.4 cm³/mol. The Kier molecular flexibility index (Phi) is 4.51. The van der Waals surface area contributed by atoms with Crippen molar-refractivity contribution < 1.29 is 9.53 Å². The maximum absolute atomic E-state index is 11.3. The van der Waals surface area contributed by atoms with Crippen LogP contribution in [0.3, 0.4) is 0 Å². The van der Waals surface area contributed by atoms with E-state index in [4.69, 9.17) is 17.3 Å². The van der Waals surface area contributed by atoms with Crippen molar-refractivity contribution in [3.8, 4) is 0 Å². The van der Waals surface area contributed by atoms with Crippen LogP contribution < -0.4 is 10.6 Å². The highest BCUT2D eigenvalue weighted by Crippen LogP contribution is 2.24. The zero-order valence-electron chi connectivity index (χ0n) is 10.0. The number of carbonyl (C=O) groups excluding carboxylic acids is 1. The first-order valence-electron chi connectivity index (χ1n) is 5.21. The first-order valence-corrected chi connectivity index (χ1v) is 5.59. The summed E-state index contributed by atoms with van der Waals surface area (Å²) in [6.07, 6.45) is 0. The molecule has 0 saturated heterocycles. The number of halogens is 1. The lowest BCUT2D eigenvalue weighted by molar-refractivity contribution is 0.0595. The van der Waals surface area contributed by atoms with Crippen LogP contribution in [0.5, 0.6) is 0 Å². The van der Waals surface area contributed by atoms with Gasteiger partial charge in [-0.2, -0.15) is 0 Å². The van der Waals surface area contributed by atoms with Crippen LogP contribution in [0.4, 0.5) is 11.6 Å². The van der Waals surface area contributed by atoms with Crippen LogP contribution in [0.1, 0.15) is 24.3 Å². The number of hydrogen-bond donors (Lipinski definition) is 1. The van der Waals surface area contributed by atoms with E-state index in [1.807, 2.05) is 18.7 Å². The van der Waals surface area contributed by atoms with E-state index in [1.54, 1.807) is 0 Å². The molecule has 0 aliphatic carbocycles. The van der Waals surface area contributed by atoms with Crippen LogP contribution in [0.15, 0.2) is 0 Å². The van der Waals surface area contributed by atoms with E-state index in [-0.39, 0.29) is 16.7 Å². The molecule has 94 valence electrons. The van der Waals surface area contributed by atoms with Crippen molar-refractivity contribution in [2.24, 2.45) is 0 Å². The average molecular weight is 259 g/mol. The highest BCUT2D eigenvalue weighted by atomic mass is 35.5. The monoisotopic (exact) mass is 258 g/mol. The molecule has 0 aliphatic heterocycles. The second-order valence-corrected chi connectivity index (χ2v) is 3.59. The van der Waals surface area contributed by atoms with Gasteiger partial charge in [0.15, 0.2) is 22.5 Å². The van der Waals surface area contributed by atoms with Gasteiger partial charge in [-0.1, -0.05) is 11.6 Å².